The van der Waals surface area contributed by atoms with Gasteiger partial charge in [0.05, 0.1) is 18.4 Å². The Morgan fingerprint density at radius 3 is 2.41 bits per heavy atom. The lowest BCUT2D eigenvalue weighted by Gasteiger charge is -2.26. The first kappa shape index (κ1) is 23.9. The Labute approximate surface area is 193 Å². The van der Waals surface area contributed by atoms with E-state index in [2.05, 4.69) is 10.3 Å². The van der Waals surface area contributed by atoms with Crippen LogP contribution in [0.25, 0.3) is 16.8 Å². The van der Waals surface area contributed by atoms with Gasteiger partial charge in [0.15, 0.2) is 0 Å². The van der Waals surface area contributed by atoms with Crippen LogP contribution < -0.4 is 0 Å². The van der Waals surface area contributed by atoms with Crippen molar-refractivity contribution in [3.05, 3.63) is 77.5 Å². The van der Waals surface area contributed by atoms with Crippen LogP contribution >= 0.6 is 0 Å². The summed E-state index contributed by atoms with van der Waals surface area (Å²) in [5.74, 6) is -0.522. The molecular formula is C24H24F4N4O2. The first-order valence-electron chi connectivity index (χ1n) is 10.8. The molecule has 0 aliphatic carbocycles. The second-order valence-corrected chi connectivity index (χ2v) is 8.38. The fraction of sp³-hybridized carbons (Fsp3) is 0.333. The number of alkyl halides is 3. The van der Waals surface area contributed by atoms with Crippen LogP contribution in [0.3, 0.4) is 0 Å². The molecule has 10 heteroatoms. The Morgan fingerprint density at radius 1 is 1.09 bits per heavy atom. The minimum atomic E-state index is -4.87. The number of hydrogen-bond donors (Lipinski definition) is 2. The van der Waals surface area contributed by atoms with Crippen molar-refractivity contribution in [2.24, 2.45) is 0 Å². The highest BCUT2D eigenvalue weighted by Gasteiger charge is 2.55. The largest absolute Gasteiger partial charge is 0.423 e. The molecule has 0 saturated carbocycles. The highest BCUT2D eigenvalue weighted by atomic mass is 19.4. The molecule has 1 aromatic carbocycles. The van der Waals surface area contributed by atoms with E-state index in [0.29, 0.717) is 0 Å². The molecule has 0 saturated heterocycles. The second kappa shape index (κ2) is 8.84. The molecule has 0 bridgehead atoms. The first-order chi connectivity index (χ1) is 16.1. The van der Waals surface area contributed by atoms with E-state index < -0.39 is 23.9 Å². The van der Waals surface area contributed by atoms with Gasteiger partial charge in [0, 0.05) is 24.2 Å². The normalized spacial score (nSPS) is 14.9. The quantitative estimate of drug-likeness (QED) is 0.381. The summed E-state index contributed by atoms with van der Waals surface area (Å²) in [6.07, 6.45) is -2.54. The molecule has 6 nitrogen and oxygen atoms in total. The first-order valence-corrected chi connectivity index (χ1v) is 10.8. The average molecular weight is 476 g/mol. The number of nitrogens with zero attached hydrogens (tertiary/aromatic N) is 4. The average Bonchev–Trinajstić information content (AvgIpc) is 3.42. The maximum absolute atomic E-state index is 13.5. The zero-order valence-corrected chi connectivity index (χ0v) is 18.6. The maximum atomic E-state index is 13.5. The Balaban J connectivity index is 1.70. The zero-order chi connectivity index (χ0) is 24.7. The second-order valence-electron chi connectivity index (χ2n) is 8.38. The van der Waals surface area contributed by atoms with E-state index in [1.54, 1.807) is 18.2 Å². The van der Waals surface area contributed by atoms with Gasteiger partial charge in [0.1, 0.15) is 11.5 Å². The van der Waals surface area contributed by atoms with E-state index in [-0.39, 0.29) is 24.9 Å². The summed E-state index contributed by atoms with van der Waals surface area (Å²) >= 11 is 0. The summed E-state index contributed by atoms with van der Waals surface area (Å²) in [6.45, 7) is 3.19. The summed E-state index contributed by atoms with van der Waals surface area (Å²) < 4.78 is 56.6. The molecule has 0 aliphatic rings. The van der Waals surface area contributed by atoms with Gasteiger partial charge in [-0.1, -0.05) is 19.1 Å². The van der Waals surface area contributed by atoms with Crippen molar-refractivity contribution in [2.75, 3.05) is 6.61 Å². The van der Waals surface area contributed by atoms with Crippen LogP contribution in [0.2, 0.25) is 0 Å². The number of aliphatic hydroxyl groups excluding tert-OH is 1. The van der Waals surface area contributed by atoms with Crippen LogP contribution in [0.5, 0.6) is 0 Å². The number of fused-ring (bicyclic) bond motifs is 1. The van der Waals surface area contributed by atoms with Gasteiger partial charge in [0.25, 0.3) is 0 Å². The van der Waals surface area contributed by atoms with Crippen molar-refractivity contribution in [2.45, 2.75) is 44.5 Å². The third-order valence-corrected chi connectivity index (χ3v) is 6.08. The SMILES string of the molecule is CCC(O)(c1cn(Cc2ccn3c(-c4ccc(F)cc4)c(C(C)CO)cc3c2)nn1)C(F)(F)F. The van der Waals surface area contributed by atoms with Crippen LogP contribution in [0, 0.1) is 5.82 Å². The van der Waals surface area contributed by atoms with Gasteiger partial charge in [-0.3, -0.25) is 0 Å². The summed E-state index contributed by atoms with van der Waals surface area (Å²) in [5, 5.41) is 27.2. The zero-order valence-electron chi connectivity index (χ0n) is 18.6. The minimum absolute atomic E-state index is 0.0702. The fourth-order valence-corrected chi connectivity index (χ4v) is 4.01. The van der Waals surface area contributed by atoms with E-state index in [4.69, 9.17) is 0 Å². The van der Waals surface area contributed by atoms with Crippen LogP contribution in [-0.2, 0) is 12.1 Å². The van der Waals surface area contributed by atoms with Gasteiger partial charge in [0.2, 0.25) is 5.60 Å². The summed E-state index contributed by atoms with van der Waals surface area (Å²) in [6, 6.07) is 11.7. The molecule has 3 aromatic heterocycles. The van der Waals surface area contributed by atoms with Gasteiger partial charge < -0.3 is 14.6 Å². The molecule has 2 N–H and O–H groups in total. The number of rotatable bonds is 7. The molecule has 3 heterocycles. The molecule has 0 radical (unpaired) electrons. The summed E-state index contributed by atoms with van der Waals surface area (Å²) in [4.78, 5) is 0. The van der Waals surface area contributed by atoms with E-state index in [1.165, 1.54) is 23.7 Å². The van der Waals surface area contributed by atoms with Crippen LogP contribution in [0.4, 0.5) is 17.6 Å². The van der Waals surface area contributed by atoms with Gasteiger partial charge >= 0.3 is 6.18 Å². The summed E-state index contributed by atoms with van der Waals surface area (Å²) in [7, 11) is 0. The van der Waals surface area contributed by atoms with Gasteiger partial charge in [-0.25, -0.2) is 9.07 Å². The molecular weight excluding hydrogens is 452 g/mol. The fourth-order valence-electron chi connectivity index (χ4n) is 4.01. The molecule has 34 heavy (non-hydrogen) atoms. The molecule has 0 amide bonds. The minimum Gasteiger partial charge on any atom is -0.396 e. The van der Waals surface area contributed by atoms with E-state index in [0.717, 1.165) is 34.1 Å². The predicted molar refractivity (Wildman–Crippen MR) is 118 cm³/mol. The predicted octanol–water partition coefficient (Wildman–Crippen LogP) is 4.64. The molecule has 2 atom stereocenters. The van der Waals surface area contributed by atoms with Gasteiger partial charge in [-0.15, -0.1) is 5.10 Å². The summed E-state index contributed by atoms with van der Waals surface area (Å²) in [5.41, 5.74) is 0.433. The van der Waals surface area contributed by atoms with Crippen molar-refractivity contribution < 1.29 is 27.8 Å². The molecule has 2 unspecified atom stereocenters. The smallest absolute Gasteiger partial charge is 0.396 e. The molecule has 180 valence electrons. The third kappa shape index (κ3) is 4.19. The van der Waals surface area contributed by atoms with Crippen molar-refractivity contribution in [3.63, 3.8) is 0 Å². The van der Waals surface area contributed by atoms with Crippen molar-refractivity contribution in [1.82, 2.24) is 19.4 Å². The Kier molecular flexibility index (Phi) is 6.22. The highest BCUT2D eigenvalue weighted by molar-refractivity contribution is 5.73. The van der Waals surface area contributed by atoms with Crippen LogP contribution in [0.1, 0.15) is 43.0 Å². The van der Waals surface area contributed by atoms with Crippen molar-refractivity contribution >= 4 is 5.52 Å². The lowest BCUT2D eigenvalue weighted by molar-refractivity contribution is -0.269. The molecule has 4 aromatic rings. The number of halogens is 4. The van der Waals surface area contributed by atoms with E-state index in [9.17, 15) is 27.8 Å². The number of benzene rings is 1. The molecule has 0 spiro atoms. The Hall–Kier alpha value is -3.24. The number of hydrogen-bond acceptors (Lipinski definition) is 4. The number of aliphatic hydroxyl groups is 2. The Morgan fingerprint density at radius 2 is 1.79 bits per heavy atom. The highest BCUT2D eigenvalue weighted by Crippen LogP contribution is 2.40. The van der Waals surface area contributed by atoms with Crippen LogP contribution in [0.15, 0.2) is 54.9 Å². The van der Waals surface area contributed by atoms with Crippen LogP contribution in [-0.4, -0.2) is 42.4 Å². The monoisotopic (exact) mass is 476 g/mol. The molecule has 4 rings (SSSR count). The van der Waals surface area contributed by atoms with Crippen molar-refractivity contribution in [3.8, 4) is 11.3 Å². The number of aromatic nitrogens is 4. The Bertz CT molecular complexity index is 1300. The lowest BCUT2D eigenvalue weighted by atomic mass is 9.96. The van der Waals surface area contributed by atoms with Gasteiger partial charge in [-0.2, -0.15) is 13.2 Å². The van der Waals surface area contributed by atoms with Crippen molar-refractivity contribution in [1.29, 1.82) is 0 Å². The molecule has 0 aliphatic heterocycles. The maximum Gasteiger partial charge on any atom is 0.423 e. The number of pyridine rings is 1. The van der Waals surface area contributed by atoms with E-state index >= 15 is 0 Å². The van der Waals surface area contributed by atoms with E-state index in [1.807, 2.05) is 29.7 Å². The lowest BCUT2D eigenvalue weighted by Crippen LogP contribution is -2.42. The standard InChI is InChI=1S/C24H24F4N4O2/c1-3-23(34,24(26,27)28)21-13-31(30-29-21)12-16-8-9-32-19(10-16)11-20(15(2)14-33)22(32)17-4-6-18(25)7-5-17/h4-11,13,15,33-34H,3,12,14H2,1-2H3. The third-order valence-electron chi connectivity index (χ3n) is 6.08. The topological polar surface area (TPSA) is 75.6 Å². The molecule has 0 fully saturated rings. The van der Waals surface area contributed by atoms with Gasteiger partial charge in [-0.05, 0) is 65.6 Å².